The number of carbonyl (C=O) groups excluding carboxylic acids is 2. The summed E-state index contributed by atoms with van der Waals surface area (Å²) in [6.45, 7) is 2.05. The Kier molecular flexibility index (Phi) is 9.69. The van der Waals surface area contributed by atoms with Crippen molar-refractivity contribution >= 4 is 79.0 Å². The molecule has 0 bridgehead atoms. The third-order valence-corrected chi connectivity index (χ3v) is 11.1. The molecule has 4 aromatic rings. The lowest BCUT2D eigenvalue weighted by atomic mass is 10.0. The summed E-state index contributed by atoms with van der Waals surface area (Å²) in [5.41, 5.74) is 2.53. The Bertz CT molecular complexity index is 1930. The standard InChI is InChI=1S/C32H29Cl3N4O6S/c33-24-9-8-22(30(34)31(24)35)26-18-23(21-5-1-2-6-25(21)36-26)32(41)45-19-29(40)37-27-17-20(7-10-28(27)38-11-3-4-12-38)46(42,43)39-13-15-44-16-14-39/h1-2,5-10,17-18H,3-4,11-16,19H2,(H,37,40). The zero-order valence-electron chi connectivity index (χ0n) is 24.5. The number of rotatable bonds is 8. The number of fused-ring (bicyclic) bond motifs is 1. The van der Waals surface area contributed by atoms with Gasteiger partial charge in [0.1, 0.15) is 0 Å². The van der Waals surface area contributed by atoms with Gasteiger partial charge in [0.25, 0.3) is 5.91 Å². The van der Waals surface area contributed by atoms with Crippen molar-refractivity contribution in [2.24, 2.45) is 0 Å². The molecular weight excluding hydrogens is 675 g/mol. The number of aromatic nitrogens is 1. The van der Waals surface area contributed by atoms with Crippen molar-refractivity contribution in [2.75, 3.05) is 56.2 Å². The van der Waals surface area contributed by atoms with Crippen LogP contribution in [0.5, 0.6) is 0 Å². The fraction of sp³-hybridized carbons (Fsp3) is 0.281. The first kappa shape index (κ1) is 32.5. The molecule has 46 heavy (non-hydrogen) atoms. The van der Waals surface area contributed by atoms with Crippen molar-refractivity contribution < 1.29 is 27.5 Å². The Morgan fingerprint density at radius 1 is 0.913 bits per heavy atom. The zero-order valence-corrected chi connectivity index (χ0v) is 27.6. The maximum absolute atomic E-state index is 13.4. The second kappa shape index (κ2) is 13.7. The predicted molar refractivity (Wildman–Crippen MR) is 179 cm³/mol. The first-order chi connectivity index (χ1) is 22.1. The molecule has 3 aromatic carbocycles. The average Bonchev–Trinajstić information content (AvgIpc) is 3.61. The topological polar surface area (TPSA) is 118 Å². The van der Waals surface area contributed by atoms with Crippen LogP contribution in [-0.2, 0) is 24.3 Å². The van der Waals surface area contributed by atoms with E-state index in [2.05, 4.69) is 15.2 Å². The molecule has 1 aromatic heterocycles. The first-order valence-corrected chi connectivity index (χ1v) is 17.2. The summed E-state index contributed by atoms with van der Waals surface area (Å²) in [7, 11) is -3.81. The summed E-state index contributed by atoms with van der Waals surface area (Å²) >= 11 is 18.8. The monoisotopic (exact) mass is 702 g/mol. The van der Waals surface area contributed by atoms with Gasteiger partial charge in [0.15, 0.2) is 6.61 Å². The van der Waals surface area contributed by atoms with Crippen LogP contribution in [0.2, 0.25) is 15.1 Å². The van der Waals surface area contributed by atoms with Gasteiger partial charge in [-0.25, -0.2) is 18.2 Å². The van der Waals surface area contributed by atoms with E-state index in [0.717, 1.165) is 25.9 Å². The normalized spacial score (nSPS) is 15.7. The molecule has 2 fully saturated rings. The highest BCUT2D eigenvalue weighted by atomic mass is 35.5. The Balaban J connectivity index is 1.24. The van der Waals surface area contributed by atoms with Gasteiger partial charge < -0.3 is 19.7 Å². The van der Waals surface area contributed by atoms with Crippen LogP contribution in [0.25, 0.3) is 22.2 Å². The number of sulfonamides is 1. The molecule has 2 aliphatic heterocycles. The number of carbonyl (C=O) groups is 2. The van der Waals surface area contributed by atoms with Gasteiger partial charge >= 0.3 is 5.97 Å². The summed E-state index contributed by atoms with van der Waals surface area (Å²) in [6, 6.07) is 16.5. The molecule has 2 aliphatic rings. The van der Waals surface area contributed by atoms with E-state index >= 15 is 0 Å². The van der Waals surface area contributed by atoms with E-state index in [1.54, 1.807) is 48.5 Å². The molecule has 6 rings (SSSR count). The maximum Gasteiger partial charge on any atom is 0.339 e. The summed E-state index contributed by atoms with van der Waals surface area (Å²) in [5, 5.41) is 3.92. The second-order valence-electron chi connectivity index (χ2n) is 10.8. The fourth-order valence-corrected chi connectivity index (χ4v) is 7.61. The Labute approximate surface area is 281 Å². The van der Waals surface area contributed by atoms with Crippen molar-refractivity contribution in [3.8, 4) is 11.3 Å². The molecule has 240 valence electrons. The molecule has 0 radical (unpaired) electrons. The van der Waals surface area contributed by atoms with E-state index in [4.69, 9.17) is 44.3 Å². The number of para-hydroxylation sites is 1. The highest BCUT2D eigenvalue weighted by Gasteiger charge is 2.28. The number of benzene rings is 3. The molecule has 10 nitrogen and oxygen atoms in total. The lowest BCUT2D eigenvalue weighted by molar-refractivity contribution is -0.119. The lowest BCUT2D eigenvalue weighted by Gasteiger charge is -2.27. The van der Waals surface area contributed by atoms with E-state index in [9.17, 15) is 18.0 Å². The SMILES string of the molecule is O=C(COC(=O)c1cc(-c2ccc(Cl)c(Cl)c2Cl)nc2ccccc12)Nc1cc(S(=O)(=O)N2CCOCC2)ccc1N1CCCC1. The third-order valence-electron chi connectivity index (χ3n) is 7.88. The van der Waals surface area contributed by atoms with Gasteiger partial charge in [0.2, 0.25) is 10.0 Å². The van der Waals surface area contributed by atoms with E-state index in [1.807, 2.05) is 0 Å². The Morgan fingerprint density at radius 3 is 2.41 bits per heavy atom. The summed E-state index contributed by atoms with van der Waals surface area (Å²) in [5.74, 6) is -1.38. The zero-order chi connectivity index (χ0) is 32.4. The number of morpholine rings is 1. The number of halogens is 3. The summed E-state index contributed by atoms with van der Waals surface area (Å²) < 4.78 is 38.9. The quantitative estimate of drug-likeness (QED) is 0.168. The Morgan fingerprint density at radius 2 is 1.65 bits per heavy atom. The Hall–Kier alpha value is -3.45. The van der Waals surface area contributed by atoms with E-state index in [0.29, 0.717) is 46.7 Å². The smallest absolute Gasteiger partial charge is 0.339 e. The van der Waals surface area contributed by atoms with Crippen LogP contribution < -0.4 is 10.2 Å². The van der Waals surface area contributed by atoms with Crippen molar-refractivity contribution in [2.45, 2.75) is 17.7 Å². The van der Waals surface area contributed by atoms with E-state index in [1.165, 1.54) is 16.4 Å². The molecule has 0 saturated carbocycles. The molecule has 2 saturated heterocycles. The third kappa shape index (κ3) is 6.67. The minimum absolute atomic E-state index is 0.0568. The van der Waals surface area contributed by atoms with Gasteiger partial charge in [0, 0.05) is 37.1 Å². The predicted octanol–water partition coefficient (Wildman–Crippen LogP) is 6.28. The number of esters is 1. The van der Waals surface area contributed by atoms with Gasteiger partial charge in [0.05, 0.1) is 61.3 Å². The fourth-order valence-electron chi connectivity index (χ4n) is 5.55. The van der Waals surface area contributed by atoms with Gasteiger partial charge in [-0.2, -0.15) is 4.31 Å². The van der Waals surface area contributed by atoms with Crippen molar-refractivity contribution in [3.63, 3.8) is 0 Å². The molecule has 0 atom stereocenters. The van der Waals surface area contributed by atoms with Crippen LogP contribution in [0.1, 0.15) is 23.2 Å². The molecular formula is C32H29Cl3N4O6S. The second-order valence-corrected chi connectivity index (χ2v) is 13.9. The van der Waals surface area contributed by atoms with Crippen LogP contribution >= 0.6 is 34.8 Å². The number of amides is 1. The van der Waals surface area contributed by atoms with Crippen LogP contribution in [-0.4, -0.2) is 75.6 Å². The van der Waals surface area contributed by atoms with Crippen LogP contribution in [0, 0.1) is 0 Å². The number of nitrogens with one attached hydrogen (secondary N) is 1. The maximum atomic E-state index is 13.4. The molecule has 0 unspecified atom stereocenters. The average molecular weight is 704 g/mol. The highest BCUT2D eigenvalue weighted by Crippen LogP contribution is 2.38. The summed E-state index contributed by atoms with van der Waals surface area (Å²) in [4.78, 5) is 33.4. The first-order valence-electron chi connectivity index (χ1n) is 14.6. The van der Waals surface area contributed by atoms with Gasteiger partial charge in [-0.15, -0.1) is 0 Å². The van der Waals surface area contributed by atoms with Crippen LogP contribution in [0.3, 0.4) is 0 Å². The number of pyridine rings is 1. The van der Waals surface area contributed by atoms with E-state index < -0.39 is 28.5 Å². The number of hydrogen-bond acceptors (Lipinski definition) is 8. The number of ether oxygens (including phenoxy) is 2. The molecule has 0 spiro atoms. The minimum Gasteiger partial charge on any atom is -0.452 e. The van der Waals surface area contributed by atoms with Crippen molar-refractivity contribution in [1.29, 1.82) is 0 Å². The molecule has 1 N–H and O–H groups in total. The van der Waals surface area contributed by atoms with E-state index in [-0.39, 0.29) is 38.6 Å². The molecule has 3 heterocycles. The molecule has 14 heteroatoms. The number of hydrogen-bond donors (Lipinski definition) is 1. The van der Waals surface area contributed by atoms with Gasteiger partial charge in [-0.1, -0.05) is 53.0 Å². The van der Waals surface area contributed by atoms with Crippen LogP contribution in [0.15, 0.2) is 65.6 Å². The largest absolute Gasteiger partial charge is 0.452 e. The number of anilines is 2. The van der Waals surface area contributed by atoms with Crippen LogP contribution in [0.4, 0.5) is 11.4 Å². The lowest BCUT2D eigenvalue weighted by Crippen LogP contribution is -2.40. The molecule has 1 amide bonds. The summed E-state index contributed by atoms with van der Waals surface area (Å²) in [6.07, 6.45) is 1.96. The number of nitrogens with zero attached hydrogens (tertiary/aromatic N) is 3. The highest BCUT2D eigenvalue weighted by molar-refractivity contribution is 7.89. The van der Waals surface area contributed by atoms with Crippen molar-refractivity contribution in [1.82, 2.24) is 9.29 Å². The van der Waals surface area contributed by atoms with Gasteiger partial charge in [-0.3, -0.25) is 4.79 Å². The van der Waals surface area contributed by atoms with Gasteiger partial charge in [-0.05, 0) is 55.3 Å². The van der Waals surface area contributed by atoms with Crippen molar-refractivity contribution in [3.05, 3.63) is 81.3 Å². The minimum atomic E-state index is -3.81. The molecule has 0 aliphatic carbocycles.